The number of ether oxygens (including phenoxy) is 1. The van der Waals surface area contributed by atoms with Gasteiger partial charge < -0.3 is 15.0 Å². The summed E-state index contributed by atoms with van der Waals surface area (Å²) in [6.07, 6.45) is 8.63. The van der Waals surface area contributed by atoms with Crippen molar-refractivity contribution in [2.24, 2.45) is 5.92 Å². The molecular formula is C27H26ClN7O2. The maximum absolute atomic E-state index is 12.3. The molecule has 0 spiro atoms. The minimum Gasteiger partial charge on any atom is -0.492 e. The first kappa shape index (κ1) is 24.5. The van der Waals surface area contributed by atoms with Gasteiger partial charge in [-0.25, -0.2) is 14.5 Å². The summed E-state index contributed by atoms with van der Waals surface area (Å²) < 4.78 is 7.38. The number of hydrogen-bond donors (Lipinski definition) is 1. The predicted octanol–water partition coefficient (Wildman–Crippen LogP) is 4.36. The second-order valence-corrected chi connectivity index (χ2v) is 9.28. The van der Waals surface area contributed by atoms with Gasteiger partial charge in [0.1, 0.15) is 23.3 Å². The van der Waals surface area contributed by atoms with Crippen molar-refractivity contribution in [1.82, 2.24) is 24.9 Å². The Bertz CT molecular complexity index is 1460. The zero-order valence-electron chi connectivity index (χ0n) is 20.4. The average molecular weight is 516 g/mol. The number of nitriles is 1. The van der Waals surface area contributed by atoms with Gasteiger partial charge in [-0.2, -0.15) is 10.4 Å². The Hall–Kier alpha value is -4.16. The van der Waals surface area contributed by atoms with Gasteiger partial charge in [0.15, 0.2) is 0 Å². The Labute approximate surface area is 219 Å². The average Bonchev–Trinajstić information content (AvgIpc) is 3.56. The number of hydrogen-bond acceptors (Lipinski definition) is 7. The van der Waals surface area contributed by atoms with Gasteiger partial charge in [-0.1, -0.05) is 11.6 Å². The molecular weight excluding hydrogens is 490 g/mol. The van der Waals surface area contributed by atoms with Crippen molar-refractivity contribution in [2.75, 3.05) is 31.1 Å². The van der Waals surface area contributed by atoms with Gasteiger partial charge in [0.2, 0.25) is 0 Å². The van der Waals surface area contributed by atoms with Gasteiger partial charge in [-0.3, -0.25) is 4.79 Å². The maximum atomic E-state index is 12.3. The normalized spacial score (nSPS) is 15.1. The number of nitrogens with zero attached hydrogens (tertiary/aromatic N) is 6. The quantitative estimate of drug-likeness (QED) is 0.371. The van der Waals surface area contributed by atoms with Crippen LogP contribution in [0.2, 0.25) is 5.02 Å². The lowest BCUT2D eigenvalue weighted by Crippen LogP contribution is -2.28. The summed E-state index contributed by atoms with van der Waals surface area (Å²) in [5, 5.41) is 17.1. The Kier molecular flexibility index (Phi) is 7.19. The van der Waals surface area contributed by atoms with E-state index >= 15 is 0 Å². The van der Waals surface area contributed by atoms with Gasteiger partial charge in [0.05, 0.1) is 35.1 Å². The highest BCUT2D eigenvalue weighted by Crippen LogP contribution is 2.32. The fraction of sp³-hybridized carbons (Fsp3) is 0.296. The molecule has 4 aromatic heterocycles. The third kappa shape index (κ3) is 5.20. The van der Waals surface area contributed by atoms with Crippen molar-refractivity contribution in [3.05, 3.63) is 71.4 Å². The largest absolute Gasteiger partial charge is 0.492 e. The lowest BCUT2D eigenvalue weighted by molar-refractivity contribution is 0.0947. The minimum absolute atomic E-state index is 0.252. The number of carbonyl (C=O) groups excluding carboxylic acids is 1. The molecule has 1 saturated heterocycles. The van der Waals surface area contributed by atoms with Crippen molar-refractivity contribution in [3.63, 3.8) is 0 Å². The van der Waals surface area contributed by atoms with Crippen LogP contribution in [-0.4, -0.2) is 51.7 Å². The number of rotatable bonds is 8. The highest BCUT2D eigenvalue weighted by molar-refractivity contribution is 6.33. The van der Waals surface area contributed by atoms with E-state index in [1.807, 2.05) is 31.3 Å². The van der Waals surface area contributed by atoms with Crippen LogP contribution < -0.4 is 15.0 Å². The summed E-state index contributed by atoms with van der Waals surface area (Å²) in [6.45, 7) is 4.80. The van der Waals surface area contributed by atoms with Gasteiger partial charge >= 0.3 is 0 Å². The van der Waals surface area contributed by atoms with Crippen LogP contribution in [0.15, 0.2) is 55.1 Å². The topological polar surface area (TPSA) is 108 Å². The SMILES string of the molecule is CCOc1cc(-c2ccc(N3CCC(CCNC(=O)c4ncccc4Cl)C3)nc2)c2c(C#N)cnn2c1. The Morgan fingerprint density at radius 1 is 1.30 bits per heavy atom. The molecule has 1 atom stereocenters. The minimum atomic E-state index is -0.252. The zero-order chi connectivity index (χ0) is 25.8. The molecule has 0 aromatic carbocycles. The van der Waals surface area contributed by atoms with Gasteiger partial charge in [0, 0.05) is 43.2 Å². The van der Waals surface area contributed by atoms with Gasteiger partial charge in [-0.05, 0) is 56.0 Å². The number of carbonyl (C=O) groups is 1. The molecule has 0 aliphatic carbocycles. The monoisotopic (exact) mass is 515 g/mol. The first-order valence-electron chi connectivity index (χ1n) is 12.2. The van der Waals surface area contributed by atoms with Crippen molar-refractivity contribution >= 4 is 28.8 Å². The van der Waals surface area contributed by atoms with E-state index in [0.717, 1.165) is 48.4 Å². The van der Waals surface area contributed by atoms with E-state index in [1.165, 1.54) is 0 Å². The molecule has 1 aliphatic rings. The Morgan fingerprint density at radius 2 is 2.19 bits per heavy atom. The van der Waals surface area contributed by atoms with Crippen molar-refractivity contribution < 1.29 is 9.53 Å². The molecule has 188 valence electrons. The van der Waals surface area contributed by atoms with E-state index in [-0.39, 0.29) is 11.6 Å². The second-order valence-electron chi connectivity index (χ2n) is 8.87. The highest BCUT2D eigenvalue weighted by Gasteiger charge is 2.24. The molecule has 0 bridgehead atoms. The van der Waals surface area contributed by atoms with Crippen LogP contribution in [0.1, 0.15) is 35.8 Å². The van der Waals surface area contributed by atoms with Crippen LogP contribution in [0.4, 0.5) is 5.82 Å². The summed E-state index contributed by atoms with van der Waals surface area (Å²) in [7, 11) is 0. The summed E-state index contributed by atoms with van der Waals surface area (Å²) in [4.78, 5) is 23.4. The lowest BCUT2D eigenvalue weighted by atomic mass is 10.0. The van der Waals surface area contributed by atoms with Crippen molar-refractivity contribution in [2.45, 2.75) is 19.8 Å². The molecule has 5 rings (SSSR count). The van der Waals surface area contributed by atoms with Crippen LogP contribution in [0, 0.1) is 17.2 Å². The summed E-state index contributed by atoms with van der Waals surface area (Å²) >= 11 is 6.06. The fourth-order valence-corrected chi connectivity index (χ4v) is 4.89. The molecule has 4 aromatic rings. The Balaban J connectivity index is 1.24. The lowest BCUT2D eigenvalue weighted by Gasteiger charge is -2.18. The molecule has 0 saturated carbocycles. The van der Waals surface area contributed by atoms with Crippen LogP contribution in [0.25, 0.3) is 16.6 Å². The molecule has 5 heterocycles. The molecule has 1 unspecified atom stereocenters. The second kappa shape index (κ2) is 10.8. The van der Waals surface area contributed by atoms with E-state index < -0.39 is 0 Å². The van der Waals surface area contributed by atoms with E-state index in [9.17, 15) is 10.1 Å². The Morgan fingerprint density at radius 3 is 2.95 bits per heavy atom. The summed E-state index contributed by atoms with van der Waals surface area (Å²) in [5.74, 6) is 1.79. The van der Waals surface area contributed by atoms with Crippen LogP contribution in [0.3, 0.4) is 0 Å². The fourth-order valence-electron chi connectivity index (χ4n) is 4.68. The predicted molar refractivity (Wildman–Crippen MR) is 141 cm³/mol. The van der Waals surface area contributed by atoms with E-state index in [2.05, 4.69) is 26.4 Å². The molecule has 1 amide bonds. The summed E-state index contributed by atoms with van der Waals surface area (Å²) in [6, 6.07) is 11.5. The summed E-state index contributed by atoms with van der Waals surface area (Å²) in [5.41, 5.74) is 3.22. The van der Waals surface area contributed by atoms with Gasteiger partial charge in [-0.15, -0.1) is 0 Å². The molecule has 9 nitrogen and oxygen atoms in total. The third-order valence-electron chi connectivity index (χ3n) is 6.50. The highest BCUT2D eigenvalue weighted by atomic mass is 35.5. The molecule has 37 heavy (non-hydrogen) atoms. The maximum Gasteiger partial charge on any atom is 0.271 e. The molecule has 0 radical (unpaired) electrons. The number of anilines is 1. The number of pyridine rings is 3. The number of nitrogens with one attached hydrogen (secondary N) is 1. The number of amides is 1. The van der Waals surface area contributed by atoms with Crippen LogP contribution >= 0.6 is 11.6 Å². The zero-order valence-corrected chi connectivity index (χ0v) is 21.1. The van der Waals surface area contributed by atoms with Crippen molar-refractivity contribution in [3.8, 4) is 22.9 Å². The van der Waals surface area contributed by atoms with Crippen LogP contribution in [0.5, 0.6) is 5.75 Å². The van der Waals surface area contributed by atoms with E-state index in [0.29, 0.717) is 35.4 Å². The first-order valence-corrected chi connectivity index (χ1v) is 12.6. The number of fused-ring (bicyclic) bond motifs is 1. The van der Waals surface area contributed by atoms with Crippen molar-refractivity contribution in [1.29, 1.82) is 5.26 Å². The van der Waals surface area contributed by atoms with E-state index in [4.69, 9.17) is 21.3 Å². The molecule has 10 heteroatoms. The third-order valence-corrected chi connectivity index (χ3v) is 6.80. The van der Waals surface area contributed by atoms with Crippen LogP contribution in [-0.2, 0) is 0 Å². The number of aromatic nitrogens is 4. The van der Waals surface area contributed by atoms with Gasteiger partial charge in [0.25, 0.3) is 5.91 Å². The molecule has 1 N–H and O–H groups in total. The van der Waals surface area contributed by atoms with E-state index in [1.54, 1.807) is 35.2 Å². The number of halogens is 1. The molecule has 1 fully saturated rings. The first-order chi connectivity index (χ1) is 18.1. The smallest absolute Gasteiger partial charge is 0.271 e. The molecule has 1 aliphatic heterocycles. The standard InChI is InChI=1S/C27H26ClN7O2/c1-2-37-21-12-22(26-20(13-29)15-33-35(26)17-21)19-5-6-24(32-14-19)34-11-8-18(16-34)7-10-31-27(36)25-23(28)4-3-9-30-25/h3-6,9,12,14-15,17-18H,2,7-8,10-11,16H2,1H3,(H,31,36).